The molecule has 9 heteroatoms. The van der Waals surface area contributed by atoms with E-state index >= 15 is 0 Å². The monoisotopic (exact) mass is 431 g/mol. The lowest BCUT2D eigenvalue weighted by atomic mass is 9.91. The van der Waals surface area contributed by atoms with Gasteiger partial charge in [-0.1, -0.05) is 11.6 Å². The van der Waals surface area contributed by atoms with Gasteiger partial charge < -0.3 is 20.7 Å². The van der Waals surface area contributed by atoms with Crippen LogP contribution in [-0.2, 0) is 4.74 Å². The Morgan fingerprint density at radius 1 is 1.10 bits per heavy atom. The van der Waals surface area contributed by atoms with Crippen molar-refractivity contribution in [3.05, 3.63) is 23.5 Å². The highest BCUT2D eigenvalue weighted by Gasteiger charge is 2.22. The second-order valence-electron chi connectivity index (χ2n) is 8.18. The normalized spacial score (nSPS) is 21.4. The molecule has 0 spiro atoms. The van der Waals surface area contributed by atoms with Crippen LogP contribution in [0.25, 0.3) is 11.3 Å². The molecule has 3 N–H and O–H groups in total. The van der Waals surface area contributed by atoms with Crippen LogP contribution in [0.15, 0.2) is 18.5 Å². The van der Waals surface area contributed by atoms with Crippen molar-refractivity contribution >= 4 is 23.4 Å². The van der Waals surface area contributed by atoms with Gasteiger partial charge in [0.25, 0.3) is 0 Å². The second-order valence-corrected chi connectivity index (χ2v) is 8.59. The number of nitrogens with zero attached hydrogens (tertiary/aromatic N) is 4. The standard InChI is InChI=1S/C21H30ClN7O/c1-30-9-8-23-16-4-6-17(7-5-16)27-21-25-13-18(22)20(28-21)15-10-19(29-26-12-15)24-11-14-2-3-14/h10,12-14,16-17,23H,2-9,11H2,1H3,(H,24,29)(H,25,27,28). The number of hydrogen-bond acceptors (Lipinski definition) is 8. The molecule has 2 aromatic heterocycles. The van der Waals surface area contributed by atoms with E-state index in [9.17, 15) is 0 Å². The second kappa shape index (κ2) is 10.3. The van der Waals surface area contributed by atoms with E-state index < -0.39 is 0 Å². The van der Waals surface area contributed by atoms with Crippen molar-refractivity contribution in [1.29, 1.82) is 0 Å². The molecule has 2 aliphatic carbocycles. The van der Waals surface area contributed by atoms with Gasteiger partial charge in [0.05, 0.1) is 29.7 Å². The van der Waals surface area contributed by atoms with Gasteiger partial charge in [0.2, 0.25) is 5.95 Å². The van der Waals surface area contributed by atoms with Crippen molar-refractivity contribution in [3.8, 4) is 11.3 Å². The van der Waals surface area contributed by atoms with E-state index in [-0.39, 0.29) is 0 Å². The molecule has 162 valence electrons. The predicted octanol–water partition coefficient (Wildman–Crippen LogP) is 3.37. The van der Waals surface area contributed by atoms with Gasteiger partial charge in [-0.15, -0.1) is 5.10 Å². The zero-order valence-electron chi connectivity index (χ0n) is 17.4. The molecule has 0 bridgehead atoms. The molecule has 0 aromatic carbocycles. The molecule has 0 unspecified atom stereocenters. The van der Waals surface area contributed by atoms with E-state index in [1.54, 1.807) is 19.5 Å². The fourth-order valence-electron chi connectivity index (χ4n) is 3.78. The quantitative estimate of drug-likeness (QED) is 0.492. The summed E-state index contributed by atoms with van der Waals surface area (Å²) in [6.07, 6.45) is 10.4. The third kappa shape index (κ3) is 6.00. The topological polar surface area (TPSA) is 96.9 Å². The van der Waals surface area contributed by atoms with Crippen LogP contribution < -0.4 is 16.0 Å². The van der Waals surface area contributed by atoms with Crippen LogP contribution in [0.3, 0.4) is 0 Å². The fourth-order valence-corrected chi connectivity index (χ4v) is 3.98. The third-order valence-corrected chi connectivity index (χ3v) is 6.02. The first-order valence-corrected chi connectivity index (χ1v) is 11.2. The van der Waals surface area contributed by atoms with Crippen molar-refractivity contribution in [1.82, 2.24) is 25.5 Å². The molecule has 8 nitrogen and oxygen atoms in total. The highest BCUT2D eigenvalue weighted by Crippen LogP contribution is 2.30. The Morgan fingerprint density at radius 3 is 2.67 bits per heavy atom. The third-order valence-electron chi connectivity index (χ3n) is 5.74. The molecule has 2 aliphatic rings. The van der Waals surface area contributed by atoms with Crippen LogP contribution >= 0.6 is 11.6 Å². The summed E-state index contributed by atoms with van der Waals surface area (Å²) >= 11 is 6.40. The Bertz CT molecular complexity index is 825. The van der Waals surface area contributed by atoms with Gasteiger partial charge in [-0.2, -0.15) is 5.10 Å². The minimum Gasteiger partial charge on any atom is -0.383 e. The molecule has 0 radical (unpaired) electrons. The van der Waals surface area contributed by atoms with Crippen LogP contribution in [0.5, 0.6) is 0 Å². The summed E-state index contributed by atoms with van der Waals surface area (Å²) in [5.74, 6) is 2.12. The lowest BCUT2D eigenvalue weighted by Gasteiger charge is -2.29. The van der Waals surface area contributed by atoms with Crippen molar-refractivity contribution in [2.45, 2.75) is 50.6 Å². The summed E-state index contributed by atoms with van der Waals surface area (Å²) in [5.41, 5.74) is 1.51. The van der Waals surface area contributed by atoms with Crippen molar-refractivity contribution in [2.24, 2.45) is 5.92 Å². The highest BCUT2D eigenvalue weighted by atomic mass is 35.5. The first-order valence-electron chi connectivity index (χ1n) is 10.8. The number of hydrogen-bond donors (Lipinski definition) is 3. The zero-order chi connectivity index (χ0) is 20.8. The first-order chi connectivity index (χ1) is 14.7. The summed E-state index contributed by atoms with van der Waals surface area (Å²) in [4.78, 5) is 9.07. The average Bonchev–Trinajstić information content (AvgIpc) is 3.60. The Balaban J connectivity index is 1.36. The molecular formula is C21H30ClN7O. The van der Waals surface area contributed by atoms with E-state index in [1.807, 2.05) is 6.07 Å². The first kappa shape index (κ1) is 21.2. The maximum absolute atomic E-state index is 6.40. The summed E-state index contributed by atoms with van der Waals surface area (Å²) in [7, 11) is 1.73. The van der Waals surface area contributed by atoms with E-state index in [4.69, 9.17) is 16.3 Å². The number of anilines is 2. The van der Waals surface area contributed by atoms with Crippen LogP contribution in [-0.4, -0.2) is 59.1 Å². The van der Waals surface area contributed by atoms with Gasteiger partial charge in [-0.25, -0.2) is 9.97 Å². The maximum Gasteiger partial charge on any atom is 0.223 e. The van der Waals surface area contributed by atoms with E-state index in [0.717, 1.165) is 62.7 Å². The Kier molecular flexibility index (Phi) is 7.30. The zero-order valence-corrected chi connectivity index (χ0v) is 18.2. The minimum atomic E-state index is 0.367. The summed E-state index contributed by atoms with van der Waals surface area (Å²) in [5, 5.41) is 19.2. The highest BCUT2D eigenvalue weighted by molar-refractivity contribution is 6.32. The molecule has 0 atom stereocenters. The number of aromatic nitrogens is 4. The van der Waals surface area contributed by atoms with Crippen LogP contribution in [0.4, 0.5) is 11.8 Å². The molecule has 2 aromatic rings. The van der Waals surface area contributed by atoms with Gasteiger partial charge in [0.1, 0.15) is 5.82 Å². The Hall–Kier alpha value is -2.03. The molecule has 30 heavy (non-hydrogen) atoms. The van der Waals surface area contributed by atoms with Gasteiger partial charge in [0.15, 0.2) is 0 Å². The number of nitrogens with one attached hydrogen (secondary N) is 3. The molecule has 0 amide bonds. The molecule has 2 saturated carbocycles. The van der Waals surface area contributed by atoms with Crippen molar-refractivity contribution < 1.29 is 4.74 Å². The van der Waals surface area contributed by atoms with Gasteiger partial charge >= 0.3 is 0 Å². The summed E-state index contributed by atoms with van der Waals surface area (Å²) in [6.45, 7) is 2.59. The van der Waals surface area contributed by atoms with E-state index in [2.05, 4.69) is 36.1 Å². The number of methoxy groups -OCH3 is 1. The molecular weight excluding hydrogens is 402 g/mol. The summed E-state index contributed by atoms with van der Waals surface area (Å²) < 4.78 is 5.11. The average molecular weight is 432 g/mol. The predicted molar refractivity (Wildman–Crippen MR) is 119 cm³/mol. The van der Waals surface area contributed by atoms with Crippen molar-refractivity contribution in [3.63, 3.8) is 0 Å². The van der Waals surface area contributed by atoms with Gasteiger partial charge in [-0.3, -0.25) is 0 Å². The SMILES string of the molecule is COCCNC1CCC(Nc2ncc(Cl)c(-c3cnnc(NCC4CC4)c3)n2)CC1. The minimum absolute atomic E-state index is 0.367. The molecule has 2 heterocycles. The number of halogens is 1. The van der Waals surface area contributed by atoms with E-state index in [0.29, 0.717) is 28.7 Å². The lowest BCUT2D eigenvalue weighted by molar-refractivity contribution is 0.191. The number of ether oxygens (including phenoxy) is 1. The lowest BCUT2D eigenvalue weighted by Crippen LogP contribution is -2.38. The smallest absolute Gasteiger partial charge is 0.223 e. The van der Waals surface area contributed by atoms with Crippen molar-refractivity contribution in [2.75, 3.05) is 37.4 Å². The molecule has 0 saturated heterocycles. The Morgan fingerprint density at radius 2 is 1.90 bits per heavy atom. The molecule has 2 fully saturated rings. The van der Waals surface area contributed by atoms with Crippen LogP contribution in [0, 0.1) is 5.92 Å². The fraction of sp³-hybridized carbons (Fsp3) is 0.619. The van der Waals surface area contributed by atoms with E-state index in [1.165, 1.54) is 12.8 Å². The van der Waals surface area contributed by atoms with Crippen LogP contribution in [0.2, 0.25) is 5.02 Å². The number of rotatable bonds is 10. The van der Waals surface area contributed by atoms with Crippen LogP contribution in [0.1, 0.15) is 38.5 Å². The largest absolute Gasteiger partial charge is 0.383 e. The maximum atomic E-state index is 6.40. The summed E-state index contributed by atoms with van der Waals surface area (Å²) in [6, 6.07) is 2.87. The van der Waals surface area contributed by atoms with Gasteiger partial charge in [0, 0.05) is 37.8 Å². The Labute approximate surface area is 182 Å². The molecule has 0 aliphatic heterocycles. The molecule has 4 rings (SSSR count). The van der Waals surface area contributed by atoms with Gasteiger partial charge in [-0.05, 0) is 50.5 Å².